The number of fused-ring (bicyclic) bond motifs is 2. The largest absolute Gasteiger partial charge is 0.478 e. The number of carboxylic acids is 2. The normalized spacial score (nSPS) is 23.0. The second kappa shape index (κ2) is 8.62. The Bertz CT molecular complexity index is 634. The summed E-state index contributed by atoms with van der Waals surface area (Å²) in [6, 6.07) is 8.36. The lowest BCUT2D eigenvalue weighted by molar-refractivity contribution is -0.134. The van der Waals surface area contributed by atoms with Crippen LogP contribution in [0.15, 0.2) is 36.4 Å². The number of carboxylic acid groups (broad SMARTS) is 2. The number of anilines is 1. The molecule has 25 heavy (non-hydrogen) atoms. The molecular weight excluding hydrogens is 327 g/mol. The highest BCUT2D eigenvalue weighted by molar-refractivity contribution is 5.89. The van der Waals surface area contributed by atoms with Crippen LogP contribution in [0.3, 0.4) is 0 Å². The zero-order chi connectivity index (χ0) is 18.4. The molecule has 136 valence electrons. The van der Waals surface area contributed by atoms with E-state index in [0.29, 0.717) is 18.2 Å². The van der Waals surface area contributed by atoms with Gasteiger partial charge in [-0.3, -0.25) is 4.90 Å². The van der Waals surface area contributed by atoms with Gasteiger partial charge in [-0.2, -0.15) is 0 Å². The number of rotatable bonds is 3. The van der Waals surface area contributed by atoms with E-state index in [9.17, 15) is 14.0 Å². The van der Waals surface area contributed by atoms with Crippen LogP contribution >= 0.6 is 0 Å². The average Bonchev–Trinajstić information content (AvgIpc) is 2.78. The fourth-order valence-electron chi connectivity index (χ4n) is 3.36. The molecule has 0 radical (unpaired) electrons. The summed E-state index contributed by atoms with van der Waals surface area (Å²) in [5.41, 5.74) is 1.03. The molecule has 3 rings (SSSR count). The summed E-state index contributed by atoms with van der Waals surface area (Å²) in [7, 11) is 2.23. The molecule has 0 aliphatic carbocycles. The highest BCUT2D eigenvalue weighted by Crippen LogP contribution is 2.30. The molecular formula is C18H23FN2O4. The third kappa shape index (κ3) is 5.56. The lowest BCUT2D eigenvalue weighted by Gasteiger charge is -2.27. The molecule has 0 amide bonds. The van der Waals surface area contributed by atoms with Crippen molar-refractivity contribution in [2.45, 2.75) is 31.3 Å². The number of aliphatic carboxylic acids is 2. The number of hydrogen-bond donors (Lipinski definition) is 2. The van der Waals surface area contributed by atoms with Gasteiger partial charge in [-0.15, -0.1) is 0 Å². The number of carbonyl (C=O) groups is 2. The van der Waals surface area contributed by atoms with Crippen LogP contribution < -0.4 is 4.90 Å². The molecule has 2 saturated heterocycles. The molecule has 1 aromatic carbocycles. The van der Waals surface area contributed by atoms with Gasteiger partial charge in [-0.25, -0.2) is 14.0 Å². The van der Waals surface area contributed by atoms with E-state index in [-0.39, 0.29) is 5.82 Å². The molecule has 0 saturated carbocycles. The molecule has 1 aromatic rings. The first-order valence-corrected chi connectivity index (χ1v) is 8.23. The van der Waals surface area contributed by atoms with Gasteiger partial charge in [0.2, 0.25) is 0 Å². The van der Waals surface area contributed by atoms with E-state index in [4.69, 9.17) is 10.2 Å². The van der Waals surface area contributed by atoms with Crippen molar-refractivity contribution in [3.8, 4) is 0 Å². The number of nitrogens with zero attached hydrogens (tertiary/aromatic N) is 2. The summed E-state index contributed by atoms with van der Waals surface area (Å²) in [5, 5.41) is 15.6. The van der Waals surface area contributed by atoms with Gasteiger partial charge in [-0.05, 0) is 44.5 Å². The highest BCUT2D eigenvalue weighted by atomic mass is 19.1. The Hall–Kier alpha value is -2.41. The molecule has 2 aliphatic heterocycles. The van der Waals surface area contributed by atoms with Crippen LogP contribution in [-0.2, 0) is 9.59 Å². The van der Waals surface area contributed by atoms with Crippen molar-refractivity contribution >= 4 is 17.6 Å². The predicted octanol–water partition coefficient (Wildman–Crippen LogP) is 2.21. The molecule has 2 atom stereocenters. The Morgan fingerprint density at radius 2 is 1.76 bits per heavy atom. The monoisotopic (exact) mass is 350 g/mol. The third-order valence-electron chi connectivity index (χ3n) is 4.69. The van der Waals surface area contributed by atoms with E-state index in [0.717, 1.165) is 24.8 Å². The van der Waals surface area contributed by atoms with Crippen molar-refractivity contribution in [3.05, 3.63) is 42.2 Å². The van der Waals surface area contributed by atoms with E-state index in [2.05, 4.69) is 16.8 Å². The van der Waals surface area contributed by atoms with Gasteiger partial charge in [0.05, 0.1) is 0 Å². The van der Waals surface area contributed by atoms with Crippen LogP contribution in [-0.4, -0.2) is 59.3 Å². The summed E-state index contributed by atoms with van der Waals surface area (Å²) in [4.78, 5) is 24.0. The Morgan fingerprint density at radius 1 is 1.12 bits per heavy atom. The second-order valence-electron chi connectivity index (χ2n) is 6.27. The molecule has 2 unspecified atom stereocenters. The van der Waals surface area contributed by atoms with E-state index < -0.39 is 11.9 Å². The van der Waals surface area contributed by atoms with Crippen molar-refractivity contribution in [2.75, 3.05) is 25.0 Å². The zero-order valence-electron chi connectivity index (χ0n) is 14.1. The lowest BCUT2D eigenvalue weighted by Crippen LogP contribution is -2.36. The van der Waals surface area contributed by atoms with Crippen LogP contribution in [0.1, 0.15) is 19.3 Å². The Balaban J connectivity index is 0.000000242. The van der Waals surface area contributed by atoms with Crippen LogP contribution in [0.5, 0.6) is 0 Å². The van der Waals surface area contributed by atoms with Gasteiger partial charge in [0.1, 0.15) is 5.82 Å². The number of hydrogen-bond acceptors (Lipinski definition) is 4. The quantitative estimate of drug-likeness (QED) is 0.814. The predicted molar refractivity (Wildman–Crippen MR) is 92.2 cm³/mol. The summed E-state index contributed by atoms with van der Waals surface area (Å²) in [6.45, 7) is 2.09. The SMILES string of the molecule is CN1C2CCC1CN(c1cccc(F)c1)CC2.O=C(O)/C=C/C(=O)O. The Morgan fingerprint density at radius 3 is 2.36 bits per heavy atom. The lowest BCUT2D eigenvalue weighted by atomic mass is 10.1. The maximum Gasteiger partial charge on any atom is 0.328 e. The number of benzene rings is 1. The van der Waals surface area contributed by atoms with E-state index in [1.807, 2.05) is 6.07 Å². The Labute approximate surface area is 146 Å². The molecule has 2 fully saturated rings. The van der Waals surface area contributed by atoms with Crippen molar-refractivity contribution in [3.63, 3.8) is 0 Å². The van der Waals surface area contributed by atoms with Gasteiger partial charge in [0, 0.05) is 43.0 Å². The molecule has 0 spiro atoms. The van der Waals surface area contributed by atoms with E-state index in [1.54, 1.807) is 12.1 Å². The van der Waals surface area contributed by atoms with E-state index in [1.165, 1.54) is 25.3 Å². The van der Waals surface area contributed by atoms with Gasteiger partial charge in [0.25, 0.3) is 0 Å². The molecule has 2 bridgehead atoms. The number of halogens is 1. The second-order valence-corrected chi connectivity index (χ2v) is 6.27. The molecule has 2 heterocycles. The minimum atomic E-state index is -1.26. The van der Waals surface area contributed by atoms with Crippen LogP contribution in [0, 0.1) is 5.82 Å². The van der Waals surface area contributed by atoms with Crippen LogP contribution in [0.4, 0.5) is 10.1 Å². The summed E-state index contributed by atoms with van der Waals surface area (Å²) >= 11 is 0. The summed E-state index contributed by atoms with van der Waals surface area (Å²) in [5.74, 6) is -2.65. The van der Waals surface area contributed by atoms with Crippen molar-refractivity contribution in [1.82, 2.24) is 4.90 Å². The van der Waals surface area contributed by atoms with Crippen LogP contribution in [0.2, 0.25) is 0 Å². The van der Waals surface area contributed by atoms with Gasteiger partial charge in [-0.1, -0.05) is 6.07 Å². The minimum Gasteiger partial charge on any atom is -0.478 e. The molecule has 2 aliphatic rings. The van der Waals surface area contributed by atoms with Crippen molar-refractivity contribution in [1.29, 1.82) is 0 Å². The Kier molecular flexibility index (Phi) is 6.52. The van der Waals surface area contributed by atoms with Gasteiger partial charge >= 0.3 is 11.9 Å². The van der Waals surface area contributed by atoms with Crippen LogP contribution in [0.25, 0.3) is 0 Å². The smallest absolute Gasteiger partial charge is 0.328 e. The zero-order valence-corrected chi connectivity index (χ0v) is 14.1. The maximum absolute atomic E-state index is 13.3. The van der Waals surface area contributed by atoms with Gasteiger partial charge in [0.15, 0.2) is 0 Å². The number of likely N-dealkylation sites (N-methyl/N-ethyl adjacent to an activating group) is 1. The summed E-state index contributed by atoms with van der Waals surface area (Å²) in [6.07, 6.45) is 4.93. The first-order valence-electron chi connectivity index (χ1n) is 8.23. The molecule has 0 aromatic heterocycles. The van der Waals surface area contributed by atoms with Gasteiger partial charge < -0.3 is 15.1 Å². The topological polar surface area (TPSA) is 81.1 Å². The molecule has 6 nitrogen and oxygen atoms in total. The fourth-order valence-corrected chi connectivity index (χ4v) is 3.36. The first-order chi connectivity index (χ1) is 11.9. The van der Waals surface area contributed by atoms with E-state index >= 15 is 0 Å². The molecule has 7 heteroatoms. The average molecular weight is 350 g/mol. The van der Waals surface area contributed by atoms with Crippen molar-refractivity contribution < 1.29 is 24.2 Å². The minimum absolute atomic E-state index is 0.134. The third-order valence-corrected chi connectivity index (χ3v) is 4.69. The summed E-state index contributed by atoms with van der Waals surface area (Å²) < 4.78 is 13.3. The fraction of sp³-hybridized carbons (Fsp3) is 0.444. The first kappa shape index (κ1) is 18.9. The van der Waals surface area contributed by atoms with Crippen molar-refractivity contribution in [2.24, 2.45) is 0 Å². The highest BCUT2D eigenvalue weighted by Gasteiger charge is 2.34. The molecule has 2 N–H and O–H groups in total. The standard InChI is InChI=1S/C14H19FN2.C4H4O4/c1-16-12-5-6-14(16)10-17(8-7-12)13-4-2-3-11(15)9-13;5-3(6)1-2-4(7)8/h2-4,9,12,14H,5-8,10H2,1H3;1-2H,(H,5,6)(H,7,8)/b;2-1+. The maximum atomic E-state index is 13.3.